The highest BCUT2D eigenvalue weighted by Crippen LogP contribution is 2.29. The molecule has 1 amide bonds. The van der Waals surface area contributed by atoms with E-state index in [0.29, 0.717) is 24.3 Å². The monoisotopic (exact) mass is 534 g/mol. The maximum Gasteiger partial charge on any atom is 0.350 e. The van der Waals surface area contributed by atoms with Crippen LogP contribution in [0.3, 0.4) is 0 Å². The Balaban J connectivity index is 2.14. The van der Waals surface area contributed by atoms with Crippen molar-refractivity contribution in [3.05, 3.63) is 62.2 Å². The number of nitrogens with zero attached hydrogens (tertiary/aromatic N) is 4. The molecule has 12 heteroatoms. The molecule has 11 nitrogen and oxygen atoms in total. The summed E-state index contributed by atoms with van der Waals surface area (Å²) in [6.45, 7) is 5.42. The predicted molar refractivity (Wildman–Crippen MR) is 139 cm³/mol. The van der Waals surface area contributed by atoms with Crippen LogP contribution < -0.4 is 21.0 Å². The van der Waals surface area contributed by atoms with E-state index in [1.165, 1.54) is 50.2 Å². The summed E-state index contributed by atoms with van der Waals surface area (Å²) in [6, 6.07) is 3.97. The Hall–Kier alpha value is -3.51. The van der Waals surface area contributed by atoms with Crippen molar-refractivity contribution in [3.63, 3.8) is 0 Å². The highest BCUT2D eigenvalue weighted by atomic mass is 19.1. The third kappa shape index (κ3) is 6.48. The number of likely N-dealkylation sites (N-methyl/N-ethyl adjacent to an activating group) is 1. The Morgan fingerprint density at radius 1 is 1.26 bits per heavy atom. The molecule has 2 atom stereocenters. The average Bonchev–Trinajstić information content (AvgIpc) is 2.91. The molecule has 2 heterocycles. The summed E-state index contributed by atoms with van der Waals surface area (Å²) in [6.07, 6.45) is 1.61. The van der Waals surface area contributed by atoms with Crippen LogP contribution in [-0.4, -0.2) is 60.9 Å². The van der Waals surface area contributed by atoms with Gasteiger partial charge in [-0.25, -0.2) is 14.2 Å². The first-order valence-electron chi connectivity index (χ1n) is 12.4. The number of benzene rings is 1. The number of rotatable bonds is 10. The van der Waals surface area contributed by atoms with Gasteiger partial charge >= 0.3 is 5.69 Å². The van der Waals surface area contributed by atoms with Gasteiger partial charge in [-0.15, -0.1) is 0 Å². The fraction of sp³-hybridized carbons (Fsp3) is 0.538. The normalized spacial score (nSPS) is 16.8. The van der Waals surface area contributed by atoms with Gasteiger partial charge in [-0.3, -0.25) is 14.2 Å². The number of aromatic nitrogens is 2. The number of oxime groups is 1. The van der Waals surface area contributed by atoms with Crippen LogP contribution in [0, 0.1) is 5.82 Å². The second-order valence-corrected chi connectivity index (χ2v) is 9.25. The number of carbonyl (C=O) groups excluding carboxylic acids is 1. The molecule has 2 unspecified atom stereocenters. The fourth-order valence-corrected chi connectivity index (χ4v) is 4.14. The van der Waals surface area contributed by atoms with Crippen LogP contribution in [0.5, 0.6) is 5.75 Å². The summed E-state index contributed by atoms with van der Waals surface area (Å²) in [5, 5.41) is 4.99. The van der Waals surface area contributed by atoms with E-state index in [0.717, 1.165) is 22.5 Å². The molecular formula is C26H35FN4O7. The van der Waals surface area contributed by atoms with Crippen LogP contribution >= 0.6 is 0 Å². The molecule has 1 aliphatic heterocycles. The van der Waals surface area contributed by atoms with Gasteiger partial charge in [0.05, 0.1) is 24.9 Å². The molecule has 0 radical (unpaired) electrons. The summed E-state index contributed by atoms with van der Waals surface area (Å²) >= 11 is 0. The van der Waals surface area contributed by atoms with Crippen molar-refractivity contribution in [1.82, 2.24) is 9.24 Å². The van der Waals surface area contributed by atoms with Gasteiger partial charge in [0.25, 0.3) is 11.5 Å². The van der Waals surface area contributed by atoms with Gasteiger partial charge < -0.3 is 19.0 Å². The zero-order valence-electron chi connectivity index (χ0n) is 22.6. The first-order valence-corrected chi connectivity index (χ1v) is 12.4. The Morgan fingerprint density at radius 3 is 2.61 bits per heavy atom. The van der Waals surface area contributed by atoms with E-state index in [2.05, 4.69) is 5.16 Å². The lowest BCUT2D eigenvalue weighted by Crippen LogP contribution is -2.57. The minimum Gasteiger partial charge on any atom is -0.496 e. The van der Waals surface area contributed by atoms with Crippen LogP contribution in [0.25, 0.3) is 0 Å². The lowest BCUT2D eigenvalue weighted by molar-refractivity contribution is -0.134. The van der Waals surface area contributed by atoms with E-state index in [-0.39, 0.29) is 23.9 Å². The highest BCUT2D eigenvalue weighted by molar-refractivity contribution is 5.98. The van der Waals surface area contributed by atoms with E-state index in [1.54, 1.807) is 20.8 Å². The van der Waals surface area contributed by atoms with Crippen molar-refractivity contribution in [2.75, 3.05) is 32.9 Å². The number of methoxy groups -OCH3 is 2. The van der Waals surface area contributed by atoms with E-state index >= 15 is 0 Å². The molecule has 3 rings (SSSR count). The summed E-state index contributed by atoms with van der Waals surface area (Å²) in [4.78, 5) is 45.6. The van der Waals surface area contributed by atoms with E-state index in [9.17, 15) is 18.8 Å². The summed E-state index contributed by atoms with van der Waals surface area (Å²) < 4.78 is 32.6. The number of hydrogen-bond acceptors (Lipinski definition) is 8. The molecule has 38 heavy (non-hydrogen) atoms. The van der Waals surface area contributed by atoms with Crippen molar-refractivity contribution in [1.29, 1.82) is 0 Å². The minimum atomic E-state index is -0.830. The zero-order chi connectivity index (χ0) is 28.0. The van der Waals surface area contributed by atoms with Crippen LogP contribution in [0.2, 0.25) is 0 Å². The minimum absolute atomic E-state index is 0.0375. The Bertz CT molecular complexity index is 1280. The molecule has 1 saturated heterocycles. The first-order chi connectivity index (χ1) is 18.1. The summed E-state index contributed by atoms with van der Waals surface area (Å²) in [7, 11) is 4.20. The van der Waals surface area contributed by atoms with Crippen LogP contribution in [0.15, 0.2) is 39.1 Å². The van der Waals surface area contributed by atoms with E-state index in [1.807, 2.05) is 0 Å². The van der Waals surface area contributed by atoms with Crippen molar-refractivity contribution in [3.8, 4) is 5.75 Å². The smallest absolute Gasteiger partial charge is 0.350 e. The highest BCUT2D eigenvalue weighted by Gasteiger charge is 2.29. The largest absolute Gasteiger partial charge is 0.496 e. The molecule has 1 aromatic carbocycles. The van der Waals surface area contributed by atoms with Crippen LogP contribution in [0.4, 0.5) is 4.39 Å². The number of hydrogen-bond donors (Lipinski definition) is 0. The fourth-order valence-electron chi connectivity index (χ4n) is 4.14. The topological polar surface area (TPSA) is 114 Å². The standard InChI is InChI=1S/C26H35FN4O7/c1-16(2)38-28-17(3)20-14-30(15-23(36-6)19-13-18(27)10-11-21(19)35-5)26(34)31(24(20)32)29(4)25(33)22-9-7-8-12-37-22/h10-11,13-14,16,22-23H,7-9,12,15H2,1-6H3/b28-17+. The van der Waals surface area contributed by atoms with Gasteiger partial charge in [0.1, 0.15) is 29.9 Å². The molecule has 0 bridgehead atoms. The van der Waals surface area contributed by atoms with E-state index < -0.39 is 35.2 Å². The molecular weight excluding hydrogens is 499 g/mol. The predicted octanol–water partition coefficient (Wildman–Crippen LogP) is 2.36. The molecule has 1 fully saturated rings. The maximum atomic E-state index is 14.1. The Morgan fingerprint density at radius 2 is 2.00 bits per heavy atom. The number of halogens is 1. The quantitative estimate of drug-likeness (QED) is 0.340. The number of ether oxygens (including phenoxy) is 3. The average molecular weight is 535 g/mol. The first kappa shape index (κ1) is 29.1. The van der Waals surface area contributed by atoms with Crippen LogP contribution in [0.1, 0.15) is 57.3 Å². The van der Waals surface area contributed by atoms with Crippen molar-refractivity contribution >= 4 is 11.6 Å². The Kier molecular flexibility index (Phi) is 9.81. The number of carbonyl (C=O) groups is 1. The lowest BCUT2D eigenvalue weighted by Gasteiger charge is -2.28. The summed E-state index contributed by atoms with van der Waals surface area (Å²) in [5.41, 5.74) is -0.923. The second-order valence-electron chi connectivity index (χ2n) is 9.25. The molecule has 2 aromatic rings. The molecule has 0 saturated carbocycles. The molecule has 0 spiro atoms. The molecule has 1 aliphatic rings. The third-order valence-electron chi connectivity index (χ3n) is 6.18. The SMILES string of the molecule is COc1ccc(F)cc1C(Cn1cc(/C(C)=N/OC(C)C)c(=O)n(N(C)C(=O)C2CCCCO2)c1=O)OC. The Labute approximate surface area is 220 Å². The van der Waals surface area contributed by atoms with Crippen molar-refractivity contribution in [2.24, 2.45) is 5.16 Å². The van der Waals surface area contributed by atoms with Gasteiger partial charge in [0.2, 0.25) is 0 Å². The van der Waals surface area contributed by atoms with Gasteiger partial charge in [-0.05, 0) is 58.2 Å². The molecule has 0 aliphatic carbocycles. The zero-order valence-corrected chi connectivity index (χ0v) is 22.6. The number of amides is 1. The third-order valence-corrected chi connectivity index (χ3v) is 6.18. The maximum absolute atomic E-state index is 14.1. The lowest BCUT2D eigenvalue weighted by atomic mass is 10.1. The molecule has 208 valence electrons. The van der Waals surface area contributed by atoms with Gasteiger partial charge in [-0.1, -0.05) is 5.16 Å². The van der Waals surface area contributed by atoms with Gasteiger partial charge in [0, 0.05) is 32.5 Å². The van der Waals surface area contributed by atoms with Crippen LogP contribution in [-0.2, 0) is 25.7 Å². The summed E-state index contributed by atoms with van der Waals surface area (Å²) in [5.74, 6) is -0.659. The van der Waals surface area contributed by atoms with Crippen molar-refractivity contribution < 1.29 is 28.2 Å². The van der Waals surface area contributed by atoms with E-state index in [4.69, 9.17) is 19.0 Å². The van der Waals surface area contributed by atoms with Gasteiger partial charge in [0.15, 0.2) is 0 Å². The van der Waals surface area contributed by atoms with Gasteiger partial charge in [-0.2, -0.15) is 4.68 Å². The second kappa shape index (κ2) is 12.8. The van der Waals surface area contributed by atoms with Crippen molar-refractivity contribution in [2.45, 2.75) is 64.9 Å². The molecule has 1 aromatic heterocycles. The molecule has 0 N–H and O–H groups in total.